The van der Waals surface area contributed by atoms with Gasteiger partial charge in [-0.1, -0.05) is 0 Å². The first-order chi connectivity index (χ1) is 10.0. The van der Waals surface area contributed by atoms with Gasteiger partial charge in [-0.05, 0) is 25.7 Å². The van der Waals surface area contributed by atoms with E-state index in [-0.39, 0.29) is 4.90 Å². The Balaban J connectivity index is 1.64. The van der Waals surface area contributed by atoms with Gasteiger partial charge in [0, 0.05) is 24.4 Å². The molecule has 0 unspecified atom stereocenters. The fourth-order valence-corrected chi connectivity index (χ4v) is 3.11. The maximum atomic E-state index is 11.5. The van der Waals surface area contributed by atoms with E-state index < -0.39 is 9.84 Å². The molecule has 21 heavy (non-hydrogen) atoms. The second-order valence-electron chi connectivity index (χ2n) is 6.00. The Morgan fingerprint density at radius 3 is 2.57 bits per heavy atom. The largest absolute Gasteiger partial charge is 0.310 e. The van der Waals surface area contributed by atoms with Crippen LogP contribution in [0.3, 0.4) is 0 Å². The Morgan fingerprint density at radius 2 is 2.00 bits per heavy atom. The Kier molecular flexibility index (Phi) is 2.72. The third-order valence-electron chi connectivity index (χ3n) is 3.99. The molecular weight excluding hydrogens is 290 g/mol. The van der Waals surface area contributed by atoms with Gasteiger partial charge in [0.15, 0.2) is 15.7 Å². The average Bonchev–Trinajstić information content (AvgIpc) is 3.34. The van der Waals surface area contributed by atoms with Crippen LogP contribution < -0.4 is 0 Å². The predicted octanol–water partition coefficient (Wildman–Crippen LogP) is 1.14. The molecule has 0 spiro atoms. The Hall–Kier alpha value is -1.70. The van der Waals surface area contributed by atoms with Crippen LogP contribution in [-0.4, -0.2) is 39.2 Å². The molecule has 0 aliphatic heterocycles. The fourth-order valence-electron chi connectivity index (χ4n) is 2.56. The van der Waals surface area contributed by atoms with Crippen LogP contribution in [-0.2, 0) is 16.4 Å². The number of hydrogen-bond donors (Lipinski definition) is 0. The van der Waals surface area contributed by atoms with Crippen molar-refractivity contribution in [3.8, 4) is 0 Å². The average molecular weight is 307 g/mol. The normalized spacial score (nSPS) is 19.1. The second-order valence-corrected chi connectivity index (χ2v) is 8.01. The smallest absolute Gasteiger partial charge is 0.178 e. The summed E-state index contributed by atoms with van der Waals surface area (Å²) in [4.78, 5) is 0.238. The molecule has 0 atom stereocenters. The fraction of sp³-hybridized carbons (Fsp3) is 0.615. The van der Waals surface area contributed by atoms with E-state index in [1.54, 1.807) is 10.9 Å². The maximum absolute atomic E-state index is 11.5. The van der Waals surface area contributed by atoms with Gasteiger partial charge in [0.1, 0.15) is 17.3 Å². The summed E-state index contributed by atoms with van der Waals surface area (Å²) in [5, 5.41) is 12.8. The lowest BCUT2D eigenvalue weighted by Gasteiger charge is -2.08. The highest BCUT2D eigenvalue weighted by molar-refractivity contribution is 7.90. The van der Waals surface area contributed by atoms with Crippen molar-refractivity contribution in [2.45, 2.75) is 49.1 Å². The maximum Gasteiger partial charge on any atom is 0.178 e. The monoisotopic (exact) mass is 307 g/mol. The lowest BCUT2D eigenvalue weighted by Crippen LogP contribution is -2.10. The van der Waals surface area contributed by atoms with Crippen molar-refractivity contribution in [1.29, 1.82) is 0 Å². The summed E-state index contributed by atoms with van der Waals surface area (Å²) in [6.45, 7) is 0.464. The number of hydrogen-bond acceptors (Lipinski definition) is 5. The molecule has 7 nitrogen and oxygen atoms in total. The number of sulfone groups is 1. The molecule has 2 fully saturated rings. The van der Waals surface area contributed by atoms with E-state index >= 15 is 0 Å². The molecule has 0 amide bonds. The van der Waals surface area contributed by atoms with Crippen molar-refractivity contribution >= 4 is 9.84 Å². The van der Waals surface area contributed by atoms with Crippen molar-refractivity contribution in [3.05, 3.63) is 24.0 Å². The second kappa shape index (κ2) is 4.40. The number of nitrogens with zero attached hydrogens (tertiary/aromatic N) is 5. The summed E-state index contributed by atoms with van der Waals surface area (Å²) in [6.07, 6.45) is 8.88. The summed E-state index contributed by atoms with van der Waals surface area (Å²) in [6, 6.07) is 0.524. The van der Waals surface area contributed by atoms with E-state index in [1.165, 1.54) is 38.1 Å². The quantitative estimate of drug-likeness (QED) is 0.827. The Labute approximate surface area is 122 Å². The van der Waals surface area contributed by atoms with Gasteiger partial charge in [-0.15, -0.1) is 10.2 Å². The number of aromatic nitrogens is 5. The van der Waals surface area contributed by atoms with Crippen molar-refractivity contribution in [3.63, 3.8) is 0 Å². The summed E-state index contributed by atoms with van der Waals surface area (Å²) in [5.41, 5.74) is 0. The van der Waals surface area contributed by atoms with E-state index in [0.29, 0.717) is 18.5 Å². The minimum Gasteiger partial charge on any atom is -0.310 e. The molecule has 0 aromatic carbocycles. The van der Waals surface area contributed by atoms with E-state index in [2.05, 4.69) is 19.9 Å². The number of rotatable bonds is 5. The lowest BCUT2D eigenvalue weighted by atomic mass is 10.4. The van der Waals surface area contributed by atoms with Crippen molar-refractivity contribution in [1.82, 2.24) is 24.5 Å². The highest BCUT2D eigenvalue weighted by atomic mass is 32.2. The van der Waals surface area contributed by atoms with E-state index in [0.717, 1.165) is 11.6 Å². The molecule has 2 heterocycles. The Bertz CT molecular complexity index is 783. The highest BCUT2D eigenvalue weighted by Gasteiger charge is 2.36. The van der Waals surface area contributed by atoms with Crippen molar-refractivity contribution < 1.29 is 8.42 Å². The van der Waals surface area contributed by atoms with Gasteiger partial charge in [0.05, 0.1) is 6.20 Å². The summed E-state index contributed by atoms with van der Waals surface area (Å²) < 4.78 is 26.9. The van der Waals surface area contributed by atoms with Crippen LogP contribution in [0.1, 0.15) is 49.3 Å². The van der Waals surface area contributed by atoms with Crippen molar-refractivity contribution in [2.24, 2.45) is 0 Å². The topological polar surface area (TPSA) is 82.7 Å². The van der Waals surface area contributed by atoms with Gasteiger partial charge in [-0.2, -0.15) is 5.10 Å². The van der Waals surface area contributed by atoms with Crippen LogP contribution in [0.4, 0.5) is 0 Å². The van der Waals surface area contributed by atoms with Crippen molar-refractivity contribution in [2.75, 3.05) is 6.26 Å². The van der Waals surface area contributed by atoms with Gasteiger partial charge < -0.3 is 4.57 Å². The predicted molar refractivity (Wildman–Crippen MR) is 74.7 cm³/mol. The summed E-state index contributed by atoms with van der Waals surface area (Å²) in [7, 11) is -3.21. The first kappa shape index (κ1) is 13.0. The summed E-state index contributed by atoms with van der Waals surface area (Å²) in [5.74, 6) is 2.54. The molecule has 2 aromatic heterocycles. The van der Waals surface area contributed by atoms with Crippen LogP contribution in [0.5, 0.6) is 0 Å². The molecule has 0 bridgehead atoms. The SMILES string of the molecule is CS(=O)(=O)c1cnn(Cc2nnc(C3CC3)n2C2CC2)c1. The van der Waals surface area contributed by atoms with Gasteiger partial charge in [0.25, 0.3) is 0 Å². The first-order valence-electron chi connectivity index (χ1n) is 7.18. The first-order valence-corrected chi connectivity index (χ1v) is 9.07. The molecule has 4 rings (SSSR count). The minimum atomic E-state index is -3.21. The molecule has 0 radical (unpaired) electrons. The van der Waals surface area contributed by atoms with E-state index in [9.17, 15) is 8.42 Å². The molecule has 2 saturated carbocycles. The lowest BCUT2D eigenvalue weighted by molar-refractivity contribution is 0.584. The van der Waals surface area contributed by atoms with E-state index in [4.69, 9.17) is 0 Å². The standard InChI is InChI=1S/C13H17N5O2S/c1-21(19,20)11-6-14-17(7-11)8-12-15-16-13(9-2-3-9)18(12)10-4-5-10/h6-7,9-10H,2-5,8H2,1H3. The van der Waals surface area contributed by atoms with Crippen LogP contribution in [0, 0.1) is 0 Å². The molecule has 2 aromatic rings. The van der Waals surface area contributed by atoms with Gasteiger partial charge in [-0.25, -0.2) is 8.42 Å². The third kappa shape index (κ3) is 2.48. The molecular formula is C13H17N5O2S. The molecule has 2 aliphatic carbocycles. The van der Waals surface area contributed by atoms with E-state index in [1.807, 2.05) is 0 Å². The third-order valence-corrected chi connectivity index (χ3v) is 5.06. The zero-order valence-corrected chi connectivity index (χ0v) is 12.6. The zero-order valence-electron chi connectivity index (χ0n) is 11.8. The van der Waals surface area contributed by atoms with Crippen LogP contribution in [0.2, 0.25) is 0 Å². The van der Waals surface area contributed by atoms with Gasteiger partial charge in [0.2, 0.25) is 0 Å². The minimum absolute atomic E-state index is 0.238. The molecule has 2 aliphatic rings. The molecule has 8 heteroatoms. The van der Waals surface area contributed by atoms with Gasteiger partial charge in [-0.3, -0.25) is 4.68 Å². The molecule has 0 saturated heterocycles. The summed E-state index contributed by atoms with van der Waals surface area (Å²) >= 11 is 0. The highest BCUT2D eigenvalue weighted by Crippen LogP contribution is 2.44. The molecule has 112 valence electrons. The Morgan fingerprint density at radius 1 is 1.24 bits per heavy atom. The van der Waals surface area contributed by atoms with Crippen LogP contribution in [0.15, 0.2) is 17.3 Å². The zero-order chi connectivity index (χ0) is 14.6. The molecule has 0 N–H and O–H groups in total. The van der Waals surface area contributed by atoms with Crippen LogP contribution in [0.25, 0.3) is 0 Å². The van der Waals surface area contributed by atoms with Gasteiger partial charge >= 0.3 is 0 Å². The van der Waals surface area contributed by atoms with Crippen LogP contribution >= 0.6 is 0 Å².